The fourth-order valence-electron chi connectivity index (χ4n) is 4.56. The van der Waals surface area contributed by atoms with Gasteiger partial charge in [0.2, 0.25) is 5.91 Å². The van der Waals surface area contributed by atoms with Crippen LogP contribution in [0.25, 0.3) is 5.69 Å². The Kier molecular flexibility index (Phi) is 6.31. The molecule has 8 nitrogen and oxygen atoms in total. The van der Waals surface area contributed by atoms with Crippen LogP contribution < -0.4 is 4.74 Å². The number of hydrogen-bond acceptors (Lipinski definition) is 5. The quantitative estimate of drug-likeness (QED) is 0.600. The molecule has 1 aromatic heterocycles. The summed E-state index contributed by atoms with van der Waals surface area (Å²) in [5, 5.41) is 4.23. The van der Waals surface area contributed by atoms with Crippen LogP contribution in [-0.2, 0) is 17.9 Å². The number of aromatic nitrogens is 2. The van der Waals surface area contributed by atoms with Gasteiger partial charge in [0.15, 0.2) is 0 Å². The molecule has 0 saturated carbocycles. The van der Waals surface area contributed by atoms with Gasteiger partial charge in [0.05, 0.1) is 12.2 Å². The highest BCUT2D eigenvalue weighted by Crippen LogP contribution is 2.26. The van der Waals surface area contributed by atoms with Crippen molar-refractivity contribution < 1.29 is 14.3 Å². The number of ether oxygens (including phenoxy) is 1. The summed E-state index contributed by atoms with van der Waals surface area (Å²) in [6.07, 6.45) is 3.61. The molecule has 0 aliphatic carbocycles. The summed E-state index contributed by atoms with van der Waals surface area (Å²) < 4.78 is 7.72. The predicted octanol–water partition coefficient (Wildman–Crippen LogP) is 2.57. The van der Waals surface area contributed by atoms with Crippen molar-refractivity contribution >= 4 is 11.8 Å². The third kappa shape index (κ3) is 4.82. The molecule has 8 heteroatoms. The van der Waals surface area contributed by atoms with Gasteiger partial charge in [-0.1, -0.05) is 6.07 Å². The molecule has 3 aromatic rings. The molecule has 2 aliphatic heterocycles. The Morgan fingerprint density at radius 1 is 0.971 bits per heavy atom. The number of nitrogens with zero attached hydrogens (tertiary/aromatic N) is 5. The van der Waals surface area contributed by atoms with E-state index in [9.17, 15) is 9.59 Å². The molecule has 34 heavy (non-hydrogen) atoms. The summed E-state index contributed by atoms with van der Waals surface area (Å²) in [7, 11) is 0. The Hall–Kier alpha value is -3.65. The van der Waals surface area contributed by atoms with E-state index in [0.717, 1.165) is 49.7 Å². The predicted molar refractivity (Wildman–Crippen MR) is 128 cm³/mol. The van der Waals surface area contributed by atoms with Gasteiger partial charge in [-0.15, -0.1) is 0 Å². The largest absolute Gasteiger partial charge is 0.491 e. The summed E-state index contributed by atoms with van der Waals surface area (Å²) in [6.45, 7) is 7.24. The van der Waals surface area contributed by atoms with Gasteiger partial charge >= 0.3 is 0 Å². The minimum Gasteiger partial charge on any atom is -0.491 e. The van der Waals surface area contributed by atoms with Crippen molar-refractivity contribution in [3.05, 3.63) is 77.6 Å². The highest BCUT2D eigenvalue weighted by Gasteiger charge is 2.23. The minimum atomic E-state index is -0.00535. The number of carbonyl (C=O) groups is 2. The second-order valence-electron chi connectivity index (χ2n) is 8.80. The van der Waals surface area contributed by atoms with E-state index in [2.05, 4.69) is 22.1 Å². The van der Waals surface area contributed by atoms with Crippen molar-refractivity contribution in [1.29, 1.82) is 0 Å². The van der Waals surface area contributed by atoms with Gasteiger partial charge in [-0.05, 0) is 48.0 Å². The Morgan fingerprint density at radius 3 is 2.47 bits per heavy atom. The second kappa shape index (κ2) is 9.69. The van der Waals surface area contributed by atoms with Gasteiger partial charge in [0.1, 0.15) is 12.4 Å². The van der Waals surface area contributed by atoms with Crippen molar-refractivity contribution in [2.45, 2.75) is 20.0 Å². The van der Waals surface area contributed by atoms with Crippen molar-refractivity contribution in [2.24, 2.45) is 0 Å². The molecule has 0 N–H and O–H groups in total. The third-order valence-electron chi connectivity index (χ3n) is 6.50. The molecule has 3 heterocycles. The summed E-state index contributed by atoms with van der Waals surface area (Å²) in [6, 6.07) is 15.7. The molecule has 2 aromatic carbocycles. The van der Waals surface area contributed by atoms with Crippen LogP contribution in [0.3, 0.4) is 0 Å². The fourth-order valence-corrected chi connectivity index (χ4v) is 4.56. The lowest BCUT2D eigenvalue weighted by molar-refractivity contribution is -0.130. The maximum absolute atomic E-state index is 13.3. The lowest BCUT2D eigenvalue weighted by Gasteiger charge is -2.34. The first-order valence-electron chi connectivity index (χ1n) is 11.7. The molecule has 176 valence electrons. The summed E-state index contributed by atoms with van der Waals surface area (Å²) >= 11 is 0. The van der Waals surface area contributed by atoms with E-state index in [0.29, 0.717) is 25.3 Å². The number of amides is 2. The molecular weight excluding hydrogens is 430 g/mol. The van der Waals surface area contributed by atoms with E-state index < -0.39 is 0 Å². The minimum absolute atomic E-state index is 0.00535. The van der Waals surface area contributed by atoms with Crippen molar-refractivity contribution in [3.63, 3.8) is 0 Å². The van der Waals surface area contributed by atoms with E-state index in [1.54, 1.807) is 17.8 Å². The Labute approximate surface area is 199 Å². The Bertz CT molecular complexity index is 1150. The van der Waals surface area contributed by atoms with Gasteiger partial charge < -0.3 is 14.5 Å². The number of carbonyl (C=O) groups excluding carboxylic acids is 2. The number of hydrogen-bond donors (Lipinski definition) is 0. The molecule has 0 spiro atoms. The topological polar surface area (TPSA) is 70.9 Å². The Morgan fingerprint density at radius 2 is 1.76 bits per heavy atom. The first-order valence-corrected chi connectivity index (χ1v) is 11.7. The van der Waals surface area contributed by atoms with Gasteiger partial charge in [-0.3, -0.25) is 14.5 Å². The molecule has 0 unspecified atom stereocenters. The van der Waals surface area contributed by atoms with Gasteiger partial charge in [-0.25, -0.2) is 4.68 Å². The smallest absolute Gasteiger partial charge is 0.254 e. The van der Waals surface area contributed by atoms with Crippen LogP contribution in [0, 0.1) is 0 Å². The zero-order valence-electron chi connectivity index (χ0n) is 19.4. The lowest BCUT2D eigenvalue weighted by Crippen LogP contribution is -2.47. The van der Waals surface area contributed by atoms with Crippen LogP contribution >= 0.6 is 0 Å². The zero-order valence-corrected chi connectivity index (χ0v) is 19.4. The summed E-state index contributed by atoms with van der Waals surface area (Å²) in [4.78, 5) is 30.9. The van der Waals surface area contributed by atoms with Gasteiger partial charge in [0, 0.05) is 69.7 Å². The third-order valence-corrected chi connectivity index (χ3v) is 6.50. The second-order valence-corrected chi connectivity index (χ2v) is 8.80. The van der Waals surface area contributed by atoms with Gasteiger partial charge in [0.25, 0.3) is 5.91 Å². The van der Waals surface area contributed by atoms with Crippen LogP contribution in [0.5, 0.6) is 5.75 Å². The summed E-state index contributed by atoms with van der Waals surface area (Å²) in [5.41, 5.74) is 3.79. The van der Waals surface area contributed by atoms with Crippen LogP contribution in [0.4, 0.5) is 0 Å². The maximum atomic E-state index is 13.3. The molecule has 0 bridgehead atoms. The highest BCUT2D eigenvalue weighted by atomic mass is 16.5. The number of benzene rings is 2. The normalized spacial score (nSPS) is 16.5. The molecule has 2 aliphatic rings. The van der Waals surface area contributed by atoms with Gasteiger partial charge in [-0.2, -0.15) is 5.10 Å². The average molecular weight is 460 g/mol. The molecule has 5 rings (SSSR count). The molecule has 0 atom stereocenters. The van der Waals surface area contributed by atoms with Crippen molar-refractivity contribution in [1.82, 2.24) is 24.5 Å². The number of rotatable bonds is 4. The van der Waals surface area contributed by atoms with E-state index in [-0.39, 0.29) is 11.8 Å². The van der Waals surface area contributed by atoms with E-state index in [4.69, 9.17) is 4.74 Å². The average Bonchev–Trinajstić information content (AvgIpc) is 3.31. The SMILES string of the molecule is CC(=O)N1CCN(Cc2ccc3c(c2)CN(C(=O)c2ccc(-n4cccn4)cc2)CCO3)CC1. The molecule has 1 fully saturated rings. The van der Waals surface area contributed by atoms with Crippen LogP contribution in [0.1, 0.15) is 28.4 Å². The first-order chi connectivity index (χ1) is 16.6. The van der Waals surface area contributed by atoms with Crippen LogP contribution in [-0.4, -0.2) is 75.6 Å². The van der Waals surface area contributed by atoms with E-state index in [1.807, 2.05) is 52.4 Å². The van der Waals surface area contributed by atoms with E-state index >= 15 is 0 Å². The molecule has 1 saturated heterocycles. The maximum Gasteiger partial charge on any atom is 0.254 e. The standard InChI is InChI=1S/C26H29N5O3/c1-20(32)29-13-11-28(12-14-29)18-21-3-8-25-23(17-21)19-30(15-16-34-25)26(33)22-4-6-24(7-5-22)31-10-2-9-27-31/h2-10,17H,11-16,18-19H2,1H3. The summed E-state index contributed by atoms with van der Waals surface area (Å²) in [5.74, 6) is 0.978. The number of fused-ring (bicyclic) bond motifs is 1. The lowest BCUT2D eigenvalue weighted by atomic mass is 10.1. The first kappa shape index (κ1) is 22.2. The van der Waals surface area contributed by atoms with Crippen LogP contribution in [0.2, 0.25) is 0 Å². The molecule has 0 radical (unpaired) electrons. The van der Waals surface area contributed by atoms with Crippen molar-refractivity contribution in [3.8, 4) is 11.4 Å². The zero-order chi connectivity index (χ0) is 23.5. The van der Waals surface area contributed by atoms with E-state index in [1.165, 1.54) is 5.56 Å². The van der Waals surface area contributed by atoms with Crippen LogP contribution in [0.15, 0.2) is 60.9 Å². The Balaban J connectivity index is 1.26. The molecule has 2 amide bonds. The van der Waals surface area contributed by atoms with Crippen molar-refractivity contribution in [2.75, 3.05) is 39.3 Å². The fraction of sp³-hybridized carbons (Fsp3) is 0.346. The highest BCUT2D eigenvalue weighted by molar-refractivity contribution is 5.94. The monoisotopic (exact) mass is 459 g/mol. The number of piperazine rings is 1. The molecular formula is C26H29N5O3.